The quantitative estimate of drug-likeness (QED) is 0.724. The summed E-state index contributed by atoms with van der Waals surface area (Å²) >= 11 is 0. The molecule has 0 spiro atoms. The SMILES string of the molecule is CCN1CCC=CC1N1CCN(Cc2nnnn2C)CC1. The summed E-state index contributed by atoms with van der Waals surface area (Å²) in [6.07, 6.45) is 6.37. The molecule has 7 heteroatoms. The summed E-state index contributed by atoms with van der Waals surface area (Å²) in [7, 11) is 1.90. The van der Waals surface area contributed by atoms with E-state index in [0.717, 1.165) is 45.1 Å². The molecule has 21 heavy (non-hydrogen) atoms. The van der Waals surface area contributed by atoms with Crippen LogP contribution in [0.3, 0.4) is 0 Å². The monoisotopic (exact) mass is 291 g/mol. The first-order chi connectivity index (χ1) is 10.3. The van der Waals surface area contributed by atoms with Crippen molar-refractivity contribution in [2.45, 2.75) is 26.1 Å². The molecule has 1 saturated heterocycles. The van der Waals surface area contributed by atoms with Gasteiger partial charge in [-0.15, -0.1) is 5.10 Å². The Labute approximate surface area is 126 Å². The Kier molecular flexibility index (Phi) is 4.62. The van der Waals surface area contributed by atoms with Crippen molar-refractivity contribution in [3.63, 3.8) is 0 Å². The Morgan fingerprint density at radius 3 is 2.67 bits per heavy atom. The summed E-state index contributed by atoms with van der Waals surface area (Å²) < 4.78 is 1.76. The summed E-state index contributed by atoms with van der Waals surface area (Å²) in [6.45, 7) is 9.78. The molecule has 0 saturated carbocycles. The number of rotatable bonds is 4. The Bertz CT molecular complexity index is 475. The average Bonchev–Trinajstić information content (AvgIpc) is 2.93. The van der Waals surface area contributed by atoms with Crippen molar-refractivity contribution in [3.05, 3.63) is 18.0 Å². The minimum absolute atomic E-state index is 0.488. The molecule has 3 rings (SSSR count). The highest BCUT2D eigenvalue weighted by Crippen LogP contribution is 2.16. The third-order valence-electron chi connectivity index (χ3n) is 4.53. The summed E-state index contributed by atoms with van der Waals surface area (Å²) in [5.74, 6) is 0.941. The highest BCUT2D eigenvalue weighted by atomic mass is 15.5. The van der Waals surface area contributed by atoms with Crippen LogP contribution in [0.5, 0.6) is 0 Å². The number of tetrazole rings is 1. The molecule has 0 bridgehead atoms. The molecule has 3 heterocycles. The van der Waals surface area contributed by atoms with Crippen LogP contribution < -0.4 is 0 Å². The van der Waals surface area contributed by atoms with Gasteiger partial charge in [-0.3, -0.25) is 14.7 Å². The second kappa shape index (κ2) is 6.64. The number of hydrogen-bond acceptors (Lipinski definition) is 6. The fourth-order valence-corrected chi connectivity index (χ4v) is 3.18. The predicted molar refractivity (Wildman–Crippen MR) is 80.4 cm³/mol. The zero-order chi connectivity index (χ0) is 14.7. The molecule has 1 fully saturated rings. The molecule has 0 radical (unpaired) electrons. The van der Waals surface area contributed by atoms with Gasteiger partial charge in [0.2, 0.25) is 0 Å². The first-order valence-corrected chi connectivity index (χ1v) is 7.86. The van der Waals surface area contributed by atoms with E-state index < -0.39 is 0 Å². The lowest BCUT2D eigenvalue weighted by atomic mass is 10.1. The minimum atomic E-state index is 0.488. The molecule has 116 valence electrons. The smallest absolute Gasteiger partial charge is 0.164 e. The molecule has 1 aromatic heterocycles. The average molecular weight is 291 g/mol. The van der Waals surface area contributed by atoms with Crippen LogP contribution in [-0.4, -0.2) is 80.3 Å². The van der Waals surface area contributed by atoms with Crippen LogP contribution in [0.2, 0.25) is 0 Å². The number of likely N-dealkylation sites (N-methyl/N-ethyl adjacent to an activating group) is 1. The number of piperazine rings is 1. The zero-order valence-corrected chi connectivity index (χ0v) is 13.0. The molecule has 1 aromatic rings. The number of aromatic nitrogens is 4. The highest BCUT2D eigenvalue weighted by Gasteiger charge is 2.27. The van der Waals surface area contributed by atoms with Crippen molar-refractivity contribution in [2.75, 3.05) is 39.3 Å². The standard InChI is InChI=1S/C14H25N7/c1-3-20-7-5-4-6-14(20)21-10-8-19(9-11-21)12-13-15-16-17-18(13)2/h4,6,14H,3,5,7-12H2,1-2H3. The van der Waals surface area contributed by atoms with Crippen LogP contribution in [0.4, 0.5) is 0 Å². The first kappa shape index (κ1) is 14.6. The zero-order valence-electron chi connectivity index (χ0n) is 13.0. The normalized spacial score (nSPS) is 25.5. The van der Waals surface area contributed by atoms with Gasteiger partial charge in [0.05, 0.1) is 12.7 Å². The maximum atomic E-state index is 4.07. The van der Waals surface area contributed by atoms with Crippen LogP contribution >= 0.6 is 0 Å². The summed E-state index contributed by atoms with van der Waals surface area (Å²) in [5, 5.41) is 11.7. The Hall–Kier alpha value is -1.31. The van der Waals surface area contributed by atoms with Crippen molar-refractivity contribution in [1.29, 1.82) is 0 Å². The van der Waals surface area contributed by atoms with E-state index in [-0.39, 0.29) is 0 Å². The van der Waals surface area contributed by atoms with Gasteiger partial charge in [-0.05, 0) is 23.4 Å². The van der Waals surface area contributed by atoms with Crippen LogP contribution in [0.25, 0.3) is 0 Å². The molecule has 1 unspecified atom stereocenters. The molecule has 0 amide bonds. The van der Waals surface area contributed by atoms with Crippen molar-refractivity contribution >= 4 is 0 Å². The van der Waals surface area contributed by atoms with E-state index in [1.165, 1.54) is 13.0 Å². The number of nitrogens with zero attached hydrogens (tertiary/aromatic N) is 7. The number of aryl methyl sites for hydroxylation is 1. The fraction of sp³-hybridized carbons (Fsp3) is 0.786. The van der Waals surface area contributed by atoms with E-state index in [4.69, 9.17) is 0 Å². The molecule has 7 nitrogen and oxygen atoms in total. The second-order valence-electron chi connectivity index (χ2n) is 5.79. The first-order valence-electron chi connectivity index (χ1n) is 7.86. The molecule has 0 aliphatic carbocycles. The van der Waals surface area contributed by atoms with Gasteiger partial charge in [-0.2, -0.15) is 0 Å². The largest absolute Gasteiger partial charge is 0.293 e. The van der Waals surface area contributed by atoms with Crippen LogP contribution in [0.1, 0.15) is 19.2 Å². The van der Waals surface area contributed by atoms with E-state index in [9.17, 15) is 0 Å². The summed E-state index contributed by atoms with van der Waals surface area (Å²) in [4.78, 5) is 7.58. The third kappa shape index (κ3) is 3.30. The maximum absolute atomic E-state index is 4.07. The van der Waals surface area contributed by atoms with Gasteiger partial charge in [0.25, 0.3) is 0 Å². The Morgan fingerprint density at radius 1 is 1.19 bits per heavy atom. The van der Waals surface area contributed by atoms with Gasteiger partial charge < -0.3 is 0 Å². The second-order valence-corrected chi connectivity index (χ2v) is 5.79. The van der Waals surface area contributed by atoms with Crippen LogP contribution in [-0.2, 0) is 13.6 Å². The van der Waals surface area contributed by atoms with Crippen molar-refractivity contribution in [3.8, 4) is 0 Å². The fourth-order valence-electron chi connectivity index (χ4n) is 3.18. The van der Waals surface area contributed by atoms with Gasteiger partial charge in [-0.25, -0.2) is 4.68 Å². The van der Waals surface area contributed by atoms with E-state index in [2.05, 4.69) is 49.3 Å². The molecule has 1 atom stereocenters. The highest BCUT2D eigenvalue weighted by molar-refractivity contribution is 5.00. The number of hydrogen-bond donors (Lipinski definition) is 0. The molecule has 0 N–H and O–H groups in total. The Morgan fingerprint density at radius 2 is 2.00 bits per heavy atom. The van der Waals surface area contributed by atoms with Crippen molar-refractivity contribution < 1.29 is 0 Å². The van der Waals surface area contributed by atoms with Crippen LogP contribution in [0, 0.1) is 0 Å². The summed E-state index contributed by atoms with van der Waals surface area (Å²) in [6, 6.07) is 0. The van der Waals surface area contributed by atoms with Gasteiger partial charge in [-0.1, -0.05) is 19.1 Å². The molecular weight excluding hydrogens is 266 g/mol. The molecule has 2 aliphatic rings. The van der Waals surface area contributed by atoms with Gasteiger partial charge >= 0.3 is 0 Å². The lowest BCUT2D eigenvalue weighted by molar-refractivity contribution is 0.0291. The van der Waals surface area contributed by atoms with Gasteiger partial charge in [0.15, 0.2) is 5.82 Å². The van der Waals surface area contributed by atoms with Crippen molar-refractivity contribution in [2.24, 2.45) is 7.05 Å². The van der Waals surface area contributed by atoms with E-state index in [1.807, 2.05) is 7.05 Å². The topological polar surface area (TPSA) is 53.3 Å². The van der Waals surface area contributed by atoms with E-state index in [0.29, 0.717) is 6.17 Å². The summed E-state index contributed by atoms with van der Waals surface area (Å²) in [5.41, 5.74) is 0. The lowest BCUT2D eigenvalue weighted by Gasteiger charge is -2.43. The minimum Gasteiger partial charge on any atom is -0.293 e. The van der Waals surface area contributed by atoms with Crippen molar-refractivity contribution in [1.82, 2.24) is 34.9 Å². The molecular formula is C14H25N7. The van der Waals surface area contributed by atoms with E-state index in [1.54, 1.807) is 4.68 Å². The van der Waals surface area contributed by atoms with Gasteiger partial charge in [0.1, 0.15) is 0 Å². The third-order valence-corrected chi connectivity index (χ3v) is 4.53. The lowest BCUT2D eigenvalue weighted by Crippen LogP contribution is -2.55. The van der Waals surface area contributed by atoms with Crippen LogP contribution in [0.15, 0.2) is 12.2 Å². The van der Waals surface area contributed by atoms with Gasteiger partial charge in [0, 0.05) is 39.8 Å². The predicted octanol–water partition coefficient (Wildman–Crippen LogP) is -0.0644. The maximum Gasteiger partial charge on any atom is 0.164 e. The molecule has 2 aliphatic heterocycles. The molecule has 0 aromatic carbocycles. The Balaban J connectivity index is 1.54. The van der Waals surface area contributed by atoms with E-state index >= 15 is 0 Å².